The molecule has 122 valence electrons. The molecule has 1 aliphatic rings. The Morgan fingerprint density at radius 2 is 2.14 bits per heavy atom. The van der Waals surface area contributed by atoms with Crippen LogP contribution in [0, 0.1) is 10.1 Å². The van der Waals surface area contributed by atoms with Crippen molar-refractivity contribution in [1.29, 1.82) is 0 Å². The number of methoxy groups -OCH3 is 1. The maximum atomic E-state index is 11.2. The normalized spacial score (nSPS) is 17.3. The Labute approximate surface area is 127 Å². The van der Waals surface area contributed by atoms with Crippen molar-refractivity contribution in [3.8, 4) is 0 Å². The maximum Gasteiger partial charge on any atom is 0.409 e. The lowest BCUT2D eigenvalue weighted by Gasteiger charge is -2.45. The summed E-state index contributed by atoms with van der Waals surface area (Å²) < 4.78 is 6.89. The predicted molar refractivity (Wildman–Crippen MR) is 76.8 cm³/mol. The molecule has 10 nitrogen and oxygen atoms in total. The summed E-state index contributed by atoms with van der Waals surface area (Å²) in [6, 6.07) is 0. The van der Waals surface area contributed by atoms with E-state index in [1.807, 2.05) is 4.90 Å². The molecule has 0 aliphatic carbocycles. The monoisotopic (exact) mass is 313 g/mol. The smallest absolute Gasteiger partial charge is 0.409 e. The molecule has 1 aromatic rings. The molecule has 1 aromatic heterocycles. The summed E-state index contributed by atoms with van der Waals surface area (Å²) >= 11 is 0. The van der Waals surface area contributed by atoms with Crippen LogP contribution in [0.1, 0.15) is 12.8 Å². The Morgan fingerprint density at radius 1 is 1.55 bits per heavy atom. The molecule has 0 saturated carbocycles. The summed E-state index contributed by atoms with van der Waals surface area (Å²) in [7, 11) is 4.58. The molecule has 0 spiro atoms. The first-order valence-electron chi connectivity index (χ1n) is 6.75. The molecule has 0 atom stereocenters. The first kappa shape index (κ1) is 16.0. The number of rotatable bonds is 4. The molecule has 1 N–H and O–H groups in total. The fraction of sp³-hybridized carbons (Fsp3) is 0.667. The van der Waals surface area contributed by atoms with Gasteiger partial charge in [-0.15, -0.1) is 0 Å². The highest BCUT2D eigenvalue weighted by Gasteiger charge is 2.42. The minimum atomic E-state index is -1.07. The second kappa shape index (κ2) is 5.79. The molecule has 10 heteroatoms. The van der Waals surface area contributed by atoms with E-state index in [0.29, 0.717) is 31.7 Å². The summed E-state index contributed by atoms with van der Waals surface area (Å²) in [5.74, 6) is 0.424. The zero-order valence-electron chi connectivity index (χ0n) is 12.7. The van der Waals surface area contributed by atoms with Crippen LogP contribution in [0.15, 0.2) is 6.20 Å². The molecular weight excluding hydrogens is 294 g/mol. The molecule has 1 amide bonds. The van der Waals surface area contributed by atoms with E-state index >= 15 is 0 Å². The van der Waals surface area contributed by atoms with E-state index in [4.69, 9.17) is 4.74 Å². The lowest BCUT2D eigenvalue weighted by molar-refractivity contribution is -0.384. The molecule has 0 unspecified atom stereocenters. The zero-order valence-corrected chi connectivity index (χ0v) is 12.7. The number of carbonyl (C=O) groups is 1. The second-order valence-corrected chi connectivity index (χ2v) is 5.21. The third kappa shape index (κ3) is 2.56. The molecular formula is C12H19N5O5. The van der Waals surface area contributed by atoms with Crippen molar-refractivity contribution >= 4 is 17.6 Å². The molecule has 22 heavy (non-hydrogen) atoms. The first-order valence-corrected chi connectivity index (χ1v) is 6.75. The number of nitro groups is 1. The highest BCUT2D eigenvalue weighted by atomic mass is 16.6. The third-order valence-corrected chi connectivity index (χ3v) is 4.21. The number of anilines is 1. The average molecular weight is 313 g/mol. The summed E-state index contributed by atoms with van der Waals surface area (Å²) in [6.45, 7) is 0.873. The standard InChI is InChI=1S/C12H19N5O5/c1-14(11(18)19)12(22-3)4-6-16(7-5-12)10-9(17(20)21)8-13-15(10)2/h8H,4-7H2,1-3H3,(H,18,19). The zero-order chi connectivity index (χ0) is 16.5. The fourth-order valence-electron chi connectivity index (χ4n) is 2.83. The molecule has 1 fully saturated rings. The van der Waals surface area contributed by atoms with Gasteiger partial charge in [0.25, 0.3) is 0 Å². The van der Waals surface area contributed by atoms with Crippen LogP contribution in [0.3, 0.4) is 0 Å². The van der Waals surface area contributed by atoms with E-state index in [1.54, 1.807) is 7.05 Å². The van der Waals surface area contributed by atoms with Gasteiger partial charge in [-0.3, -0.25) is 15.0 Å². The lowest BCUT2D eigenvalue weighted by Crippen LogP contribution is -2.57. The van der Waals surface area contributed by atoms with Gasteiger partial charge in [-0.1, -0.05) is 0 Å². The number of aryl methyl sites for hydroxylation is 1. The molecule has 1 aliphatic heterocycles. The molecule has 0 aromatic carbocycles. The van der Waals surface area contributed by atoms with Crippen molar-refractivity contribution in [3.05, 3.63) is 16.3 Å². The molecule has 1 saturated heterocycles. The number of nitrogens with zero attached hydrogens (tertiary/aromatic N) is 5. The van der Waals surface area contributed by atoms with Gasteiger partial charge >= 0.3 is 11.8 Å². The number of piperidine rings is 1. The number of ether oxygens (including phenoxy) is 1. The van der Waals surface area contributed by atoms with Gasteiger partial charge in [0, 0.05) is 47.1 Å². The number of hydrogen-bond acceptors (Lipinski definition) is 6. The highest BCUT2D eigenvalue weighted by Crippen LogP contribution is 2.34. The maximum absolute atomic E-state index is 11.2. The van der Waals surface area contributed by atoms with Crippen LogP contribution in [0.25, 0.3) is 0 Å². The average Bonchev–Trinajstić information content (AvgIpc) is 2.88. The van der Waals surface area contributed by atoms with E-state index < -0.39 is 16.7 Å². The Bertz CT molecular complexity index is 578. The largest absolute Gasteiger partial charge is 0.465 e. The van der Waals surface area contributed by atoms with E-state index in [1.165, 1.54) is 25.0 Å². The summed E-state index contributed by atoms with van der Waals surface area (Å²) in [4.78, 5) is 24.8. The van der Waals surface area contributed by atoms with E-state index in [9.17, 15) is 20.0 Å². The van der Waals surface area contributed by atoms with Gasteiger partial charge in [0.2, 0.25) is 5.82 Å². The van der Waals surface area contributed by atoms with Gasteiger partial charge in [-0.05, 0) is 0 Å². The van der Waals surface area contributed by atoms with Gasteiger partial charge in [-0.25, -0.2) is 9.48 Å². The predicted octanol–water partition coefficient (Wildman–Crippen LogP) is 0.881. The van der Waals surface area contributed by atoms with E-state index in [2.05, 4.69) is 5.10 Å². The van der Waals surface area contributed by atoms with Crippen LogP contribution >= 0.6 is 0 Å². The summed E-state index contributed by atoms with van der Waals surface area (Å²) in [6.07, 6.45) is 0.974. The Balaban J connectivity index is 2.20. The summed E-state index contributed by atoms with van der Waals surface area (Å²) in [5.41, 5.74) is -0.964. The SMILES string of the molecule is COC1(N(C)C(=O)O)CCN(c2c([N+](=O)[O-])cnn2C)CC1. The minimum Gasteiger partial charge on any atom is -0.465 e. The third-order valence-electron chi connectivity index (χ3n) is 4.21. The quantitative estimate of drug-likeness (QED) is 0.498. The van der Waals surface area contributed by atoms with Crippen molar-refractivity contribution in [3.63, 3.8) is 0 Å². The van der Waals surface area contributed by atoms with Gasteiger partial charge in [-0.2, -0.15) is 5.10 Å². The topological polar surface area (TPSA) is 114 Å². The Morgan fingerprint density at radius 3 is 2.59 bits per heavy atom. The first-order chi connectivity index (χ1) is 10.3. The lowest BCUT2D eigenvalue weighted by atomic mass is 9.98. The van der Waals surface area contributed by atoms with Crippen molar-refractivity contribution in [2.75, 3.05) is 32.1 Å². The van der Waals surface area contributed by atoms with Crippen LogP contribution in [0.5, 0.6) is 0 Å². The number of hydrogen-bond donors (Lipinski definition) is 1. The fourth-order valence-corrected chi connectivity index (χ4v) is 2.83. The van der Waals surface area contributed by atoms with E-state index in [0.717, 1.165) is 4.90 Å². The van der Waals surface area contributed by atoms with Gasteiger partial charge in [0.15, 0.2) is 0 Å². The van der Waals surface area contributed by atoms with Gasteiger partial charge in [0.05, 0.1) is 4.92 Å². The van der Waals surface area contributed by atoms with E-state index in [-0.39, 0.29) is 5.69 Å². The van der Waals surface area contributed by atoms with Crippen LogP contribution < -0.4 is 4.90 Å². The Kier molecular flexibility index (Phi) is 4.22. The summed E-state index contributed by atoms with van der Waals surface area (Å²) in [5, 5.41) is 24.2. The van der Waals surface area contributed by atoms with Crippen LogP contribution in [-0.2, 0) is 11.8 Å². The molecule has 0 radical (unpaired) electrons. The van der Waals surface area contributed by atoms with Crippen molar-refractivity contribution in [2.45, 2.75) is 18.6 Å². The van der Waals surface area contributed by atoms with Gasteiger partial charge < -0.3 is 14.7 Å². The number of aromatic nitrogens is 2. The highest BCUT2D eigenvalue weighted by molar-refractivity contribution is 5.65. The van der Waals surface area contributed by atoms with Gasteiger partial charge in [0.1, 0.15) is 11.9 Å². The Hall–Kier alpha value is -2.36. The van der Waals surface area contributed by atoms with Crippen molar-refractivity contribution < 1.29 is 19.6 Å². The molecule has 2 heterocycles. The number of amides is 1. The van der Waals surface area contributed by atoms with Crippen molar-refractivity contribution in [1.82, 2.24) is 14.7 Å². The second-order valence-electron chi connectivity index (χ2n) is 5.21. The minimum absolute atomic E-state index is 0.0565. The number of carboxylic acid groups (broad SMARTS) is 1. The van der Waals surface area contributed by atoms with Crippen LogP contribution in [-0.4, -0.2) is 63.8 Å². The molecule has 2 rings (SSSR count). The molecule has 0 bridgehead atoms. The van der Waals surface area contributed by atoms with Crippen LogP contribution in [0.4, 0.5) is 16.3 Å². The van der Waals surface area contributed by atoms with Crippen LogP contribution in [0.2, 0.25) is 0 Å². The van der Waals surface area contributed by atoms with Crippen molar-refractivity contribution in [2.24, 2.45) is 7.05 Å².